The van der Waals surface area contributed by atoms with E-state index in [1.807, 2.05) is 0 Å². The molecule has 4 nitrogen and oxygen atoms in total. The van der Waals surface area contributed by atoms with Crippen molar-refractivity contribution in [3.05, 3.63) is 70.8 Å². The normalized spacial score (nSPS) is 19.8. The zero-order valence-electron chi connectivity index (χ0n) is 14.3. The molecule has 0 spiro atoms. The minimum atomic E-state index is -4.49. The van der Waals surface area contributed by atoms with Gasteiger partial charge >= 0.3 is 6.18 Å². The van der Waals surface area contributed by atoms with Crippen LogP contribution >= 0.6 is 0 Å². The third kappa shape index (κ3) is 4.03. The Morgan fingerprint density at radius 1 is 1.11 bits per heavy atom. The summed E-state index contributed by atoms with van der Waals surface area (Å²) in [4.78, 5) is 25.0. The predicted molar refractivity (Wildman–Crippen MR) is 91.8 cm³/mol. The number of ketones is 1. The summed E-state index contributed by atoms with van der Waals surface area (Å²) in [7, 11) is 0. The standard InChI is InChI=1S/C20H18F3NO3/c21-20(22,23)15-7-3-6-13(8-15)16-10-24-19(27)18(16)17(26)9-12-4-1-2-5-14(12)11-25/h1-8,16,18,25H,9-11H2,(H,24,27)/t16-,18?/m1/s1. The number of hydrogen-bond donors (Lipinski definition) is 2. The Hall–Kier alpha value is -2.67. The van der Waals surface area contributed by atoms with Gasteiger partial charge in [0.25, 0.3) is 0 Å². The van der Waals surface area contributed by atoms with Crippen LogP contribution in [0.1, 0.15) is 28.2 Å². The lowest BCUT2D eigenvalue weighted by Crippen LogP contribution is -2.29. The van der Waals surface area contributed by atoms with E-state index < -0.39 is 29.5 Å². The lowest BCUT2D eigenvalue weighted by molar-refractivity contribution is -0.137. The summed E-state index contributed by atoms with van der Waals surface area (Å²) in [6.07, 6.45) is -4.56. The molecular weight excluding hydrogens is 359 g/mol. The lowest BCUT2D eigenvalue weighted by atomic mass is 9.83. The number of halogens is 3. The minimum absolute atomic E-state index is 0.0652. The van der Waals surface area contributed by atoms with Gasteiger partial charge in [-0.15, -0.1) is 0 Å². The molecule has 3 rings (SSSR count). The molecule has 0 aliphatic carbocycles. The number of benzene rings is 2. The molecule has 1 unspecified atom stereocenters. The first-order valence-electron chi connectivity index (χ1n) is 8.46. The minimum Gasteiger partial charge on any atom is -0.392 e. The Labute approximate surface area is 154 Å². The molecule has 0 radical (unpaired) electrons. The van der Waals surface area contributed by atoms with Crippen LogP contribution < -0.4 is 5.32 Å². The van der Waals surface area contributed by atoms with E-state index in [9.17, 15) is 27.9 Å². The van der Waals surface area contributed by atoms with Gasteiger partial charge in [0.2, 0.25) is 5.91 Å². The fraction of sp³-hybridized carbons (Fsp3) is 0.300. The van der Waals surface area contributed by atoms with Crippen LogP contribution in [0, 0.1) is 5.92 Å². The van der Waals surface area contributed by atoms with E-state index in [-0.39, 0.29) is 25.4 Å². The fourth-order valence-electron chi connectivity index (χ4n) is 3.43. The van der Waals surface area contributed by atoms with Gasteiger partial charge < -0.3 is 10.4 Å². The number of aliphatic hydroxyl groups excluding tert-OH is 1. The molecule has 1 aliphatic rings. The first-order chi connectivity index (χ1) is 12.8. The molecule has 1 heterocycles. The highest BCUT2D eigenvalue weighted by atomic mass is 19.4. The molecule has 0 saturated carbocycles. The van der Waals surface area contributed by atoms with Gasteiger partial charge in [0, 0.05) is 18.9 Å². The summed E-state index contributed by atoms with van der Waals surface area (Å²) in [5.74, 6) is -2.58. The first-order valence-corrected chi connectivity index (χ1v) is 8.46. The van der Waals surface area contributed by atoms with E-state index in [0.717, 1.165) is 12.1 Å². The van der Waals surface area contributed by atoms with Gasteiger partial charge in [-0.3, -0.25) is 9.59 Å². The molecule has 2 aromatic carbocycles. The second-order valence-electron chi connectivity index (χ2n) is 6.52. The van der Waals surface area contributed by atoms with Crippen molar-refractivity contribution in [2.75, 3.05) is 6.54 Å². The average molecular weight is 377 g/mol. The smallest absolute Gasteiger partial charge is 0.392 e. The summed E-state index contributed by atoms with van der Waals surface area (Å²) in [6, 6.07) is 11.6. The Morgan fingerprint density at radius 3 is 2.48 bits per heavy atom. The van der Waals surface area contributed by atoms with E-state index in [1.54, 1.807) is 24.3 Å². The molecule has 7 heteroatoms. The van der Waals surface area contributed by atoms with E-state index in [2.05, 4.69) is 5.32 Å². The van der Waals surface area contributed by atoms with E-state index in [1.165, 1.54) is 12.1 Å². The van der Waals surface area contributed by atoms with Crippen LogP contribution in [0.25, 0.3) is 0 Å². The van der Waals surface area contributed by atoms with Crippen molar-refractivity contribution >= 4 is 11.7 Å². The highest BCUT2D eigenvalue weighted by Crippen LogP contribution is 2.35. The molecule has 2 N–H and O–H groups in total. The molecule has 142 valence electrons. The van der Waals surface area contributed by atoms with E-state index in [4.69, 9.17) is 0 Å². The second kappa shape index (κ2) is 7.52. The maximum absolute atomic E-state index is 13.0. The molecule has 1 amide bonds. The van der Waals surface area contributed by atoms with E-state index >= 15 is 0 Å². The monoisotopic (exact) mass is 377 g/mol. The summed E-state index contributed by atoms with van der Waals surface area (Å²) in [6.45, 7) is -0.129. The van der Waals surface area contributed by atoms with Crippen molar-refractivity contribution in [1.29, 1.82) is 0 Å². The van der Waals surface area contributed by atoms with Gasteiger partial charge in [0.05, 0.1) is 12.2 Å². The van der Waals surface area contributed by atoms with Gasteiger partial charge in [0.15, 0.2) is 0 Å². The van der Waals surface area contributed by atoms with Crippen molar-refractivity contribution < 1.29 is 27.9 Å². The molecule has 2 aromatic rings. The number of carbonyl (C=O) groups excluding carboxylic acids is 2. The maximum Gasteiger partial charge on any atom is 0.416 e. The molecule has 1 fully saturated rings. The molecule has 27 heavy (non-hydrogen) atoms. The SMILES string of the molecule is O=C(Cc1ccccc1CO)C1C(=O)NC[C@@H]1c1cccc(C(F)(F)F)c1. The molecule has 1 saturated heterocycles. The summed E-state index contributed by atoms with van der Waals surface area (Å²) >= 11 is 0. The lowest BCUT2D eigenvalue weighted by Gasteiger charge is -2.18. The largest absolute Gasteiger partial charge is 0.416 e. The number of Topliss-reactive ketones (excluding diaryl/α,β-unsaturated/α-hetero) is 1. The number of hydrogen-bond acceptors (Lipinski definition) is 3. The zero-order valence-corrected chi connectivity index (χ0v) is 14.3. The first kappa shape index (κ1) is 19.1. The van der Waals surface area contributed by atoms with Crippen LogP contribution in [-0.4, -0.2) is 23.3 Å². The van der Waals surface area contributed by atoms with E-state index in [0.29, 0.717) is 16.7 Å². The Morgan fingerprint density at radius 2 is 1.81 bits per heavy atom. The van der Waals surface area contributed by atoms with Crippen LogP contribution in [-0.2, 0) is 28.8 Å². The number of rotatable bonds is 5. The number of nitrogens with one attached hydrogen (secondary N) is 1. The second-order valence-corrected chi connectivity index (χ2v) is 6.52. The zero-order chi connectivity index (χ0) is 19.6. The highest BCUT2D eigenvalue weighted by Gasteiger charge is 2.41. The Kier molecular flexibility index (Phi) is 5.32. The molecular formula is C20H18F3NO3. The van der Waals surface area contributed by atoms with Crippen LogP contribution in [0.4, 0.5) is 13.2 Å². The van der Waals surface area contributed by atoms with Gasteiger partial charge in [-0.2, -0.15) is 13.2 Å². The van der Waals surface area contributed by atoms with Crippen molar-refractivity contribution in [3.63, 3.8) is 0 Å². The molecule has 1 aliphatic heterocycles. The summed E-state index contributed by atoms with van der Waals surface area (Å²) in [5, 5.41) is 12.0. The quantitative estimate of drug-likeness (QED) is 0.788. The van der Waals surface area contributed by atoms with Gasteiger partial charge in [-0.25, -0.2) is 0 Å². The van der Waals surface area contributed by atoms with Crippen molar-refractivity contribution in [1.82, 2.24) is 5.32 Å². The molecule has 0 aromatic heterocycles. The van der Waals surface area contributed by atoms with Gasteiger partial charge in [0.1, 0.15) is 11.7 Å². The maximum atomic E-state index is 13.0. The summed E-state index contributed by atoms with van der Waals surface area (Å²) in [5.41, 5.74) is 0.681. The van der Waals surface area contributed by atoms with Gasteiger partial charge in [-0.05, 0) is 22.8 Å². The third-order valence-electron chi connectivity index (χ3n) is 4.82. The number of alkyl halides is 3. The van der Waals surface area contributed by atoms with Crippen LogP contribution in [0.15, 0.2) is 48.5 Å². The van der Waals surface area contributed by atoms with Crippen LogP contribution in [0.2, 0.25) is 0 Å². The van der Waals surface area contributed by atoms with Crippen molar-refractivity contribution in [2.45, 2.75) is 25.1 Å². The Balaban J connectivity index is 1.87. The number of aliphatic hydroxyl groups is 1. The number of amides is 1. The van der Waals surface area contributed by atoms with Crippen molar-refractivity contribution in [2.24, 2.45) is 5.92 Å². The average Bonchev–Trinajstić information content (AvgIpc) is 3.03. The molecule has 2 atom stereocenters. The van der Waals surface area contributed by atoms with Crippen LogP contribution in [0.5, 0.6) is 0 Å². The third-order valence-corrected chi connectivity index (χ3v) is 4.82. The van der Waals surface area contributed by atoms with Crippen molar-refractivity contribution in [3.8, 4) is 0 Å². The molecule has 0 bridgehead atoms. The van der Waals surface area contributed by atoms with Gasteiger partial charge in [-0.1, -0.05) is 42.5 Å². The Bertz CT molecular complexity index is 864. The topological polar surface area (TPSA) is 66.4 Å². The summed E-state index contributed by atoms with van der Waals surface area (Å²) < 4.78 is 39.0. The predicted octanol–water partition coefficient (Wildman–Crippen LogP) is 2.84. The van der Waals surface area contributed by atoms with Crippen LogP contribution in [0.3, 0.4) is 0 Å². The highest BCUT2D eigenvalue weighted by molar-refractivity contribution is 6.04. The number of carbonyl (C=O) groups is 2. The fourth-order valence-corrected chi connectivity index (χ4v) is 3.43.